The first-order chi connectivity index (χ1) is 11.2. The van der Waals surface area contributed by atoms with Crippen LogP contribution >= 0.6 is 0 Å². The average molecular weight is 314 g/mol. The Bertz CT molecular complexity index is 683. The zero-order chi connectivity index (χ0) is 16.2. The van der Waals surface area contributed by atoms with Crippen LogP contribution in [0.3, 0.4) is 0 Å². The Kier molecular flexibility index (Phi) is 4.62. The molecule has 1 fully saturated rings. The van der Waals surface area contributed by atoms with Gasteiger partial charge < -0.3 is 14.2 Å². The Labute approximate surface area is 136 Å². The number of hydrogen-bond donors (Lipinski definition) is 0. The molecule has 0 aliphatic carbocycles. The van der Waals surface area contributed by atoms with Gasteiger partial charge in [-0.25, -0.2) is 4.98 Å². The van der Waals surface area contributed by atoms with Crippen LogP contribution in [0.4, 0.5) is 0 Å². The largest absolute Gasteiger partial charge is 0.497 e. The second-order valence-corrected chi connectivity index (χ2v) is 5.87. The summed E-state index contributed by atoms with van der Waals surface area (Å²) in [4.78, 5) is 20.6. The smallest absolute Gasteiger partial charge is 0.237 e. The molecule has 1 saturated heterocycles. The number of piperazine rings is 1. The van der Waals surface area contributed by atoms with E-state index < -0.39 is 0 Å². The van der Waals surface area contributed by atoms with E-state index in [-0.39, 0.29) is 5.91 Å². The number of imidazole rings is 1. The minimum atomic E-state index is 0.168. The number of methoxy groups -OCH3 is 1. The van der Waals surface area contributed by atoms with E-state index in [9.17, 15) is 4.79 Å². The Morgan fingerprint density at radius 2 is 2.13 bits per heavy atom. The Balaban J connectivity index is 1.58. The summed E-state index contributed by atoms with van der Waals surface area (Å²) in [6, 6.07) is 7.88. The molecular weight excluding hydrogens is 292 g/mol. The summed E-state index contributed by atoms with van der Waals surface area (Å²) in [7, 11) is 3.63. The van der Waals surface area contributed by atoms with Crippen molar-refractivity contribution in [2.45, 2.75) is 13.1 Å². The minimum Gasteiger partial charge on any atom is -0.497 e. The van der Waals surface area contributed by atoms with Crippen molar-refractivity contribution in [2.24, 2.45) is 7.05 Å². The van der Waals surface area contributed by atoms with E-state index in [4.69, 9.17) is 4.74 Å². The lowest BCUT2D eigenvalue weighted by molar-refractivity contribution is -0.136. The van der Waals surface area contributed by atoms with Crippen LogP contribution < -0.4 is 4.74 Å². The molecule has 1 amide bonds. The van der Waals surface area contributed by atoms with Crippen LogP contribution in [0.5, 0.6) is 5.75 Å². The third-order valence-corrected chi connectivity index (χ3v) is 4.21. The van der Waals surface area contributed by atoms with Crippen LogP contribution in [-0.4, -0.2) is 52.0 Å². The first-order valence-corrected chi connectivity index (χ1v) is 7.74. The normalized spacial score (nSPS) is 15.9. The SMILES string of the molecule is COc1cccc(CN2CCN(Cc3cncn3C)CC2=O)c1. The molecule has 2 aromatic rings. The summed E-state index contributed by atoms with van der Waals surface area (Å²) >= 11 is 0. The highest BCUT2D eigenvalue weighted by Gasteiger charge is 2.24. The fourth-order valence-corrected chi connectivity index (χ4v) is 2.82. The quantitative estimate of drug-likeness (QED) is 0.834. The van der Waals surface area contributed by atoms with Gasteiger partial charge in [0, 0.05) is 39.4 Å². The van der Waals surface area contributed by atoms with E-state index in [1.54, 1.807) is 13.4 Å². The zero-order valence-corrected chi connectivity index (χ0v) is 13.6. The summed E-state index contributed by atoms with van der Waals surface area (Å²) in [5, 5.41) is 0. The second-order valence-electron chi connectivity index (χ2n) is 5.87. The van der Waals surface area contributed by atoms with Crippen molar-refractivity contribution in [3.05, 3.63) is 48.0 Å². The molecule has 0 radical (unpaired) electrons. The fourth-order valence-electron chi connectivity index (χ4n) is 2.82. The fraction of sp³-hybridized carbons (Fsp3) is 0.412. The maximum absolute atomic E-state index is 12.4. The van der Waals surface area contributed by atoms with Gasteiger partial charge in [-0.3, -0.25) is 9.69 Å². The Hall–Kier alpha value is -2.34. The predicted molar refractivity (Wildman–Crippen MR) is 86.9 cm³/mol. The summed E-state index contributed by atoms with van der Waals surface area (Å²) in [6.07, 6.45) is 3.64. The molecule has 0 atom stereocenters. The van der Waals surface area contributed by atoms with E-state index in [1.165, 1.54) is 0 Å². The van der Waals surface area contributed by atoms with Crippen molar-refractivity contribution in [2.75, 3.05) is 26.7 Å². The number of rotatable bonds is 5. The van der Waals surface area contributed by atoms with E-state index in [1.807, 2.05) is 47.0 Å². The number of nitrogens with zero attached hydrogens (tertiary/aromatic N) is 4. The summed E-state index contributed by atoms with van der Waals surface area (Å²) in [5.41, 5.74) is 2.22. The van der Waals surface area contributed by atoms with Crippen LogP contribution in [-0.2, 0) is 24.9 Å². The van der Waals surface area contributed by atoms with Crippen molar-refractivity contribution >= 4 is 5.91 Å². The van der Waals surface area contributed by atoms with Gasteiger partial charge in [0.2, 0.25) is 5.91 Å². The molecule has 0 N–H and O–H groups in total. The van der Waals surface area contributed by atoms with Gasteiger partial charge in [-0.2, -0.15) is 0 Å². The lowest BCUT2D eigenvalue weighted by Crippen LogP contribution is -2.49. The maximum Gasteiger partial charge on any atom is 0.237 e. The van der Waals surface area contributed by atoms with Gasteiger partial charge in [0.1, 0.15) is 5.75 Å². The summed E-state index contributed by atoms with van der Waals surface area (Å²) < 4.78 is 7.23. The standard InChI is InChI=1S/C17H22N4O2/c1-19-13-18-9-15(19)11-20-6-7-21(17(22)12-20)10-14-4-3-5-16(8-14)23-2/h3-5,8-9,13H,6-7,10-12H2,1-2H3. The number of benzene rings is 1. The van der Waals surface area contributed by atoms with Crippen molar-refractivity contribution in [1.82, 2.24) is 19.4 Å². The van der Waals surface area contributed by atoms with Crippen LogP contribution in [0.1, 0.15) is 11.3 Å². The number of ether oxygens (including phenoxy) is 1. The van der Waals surface area contributed by atoms with Crippen molar-refractivity contribution in [1.29, 1.82) is 0 Å². The number of hydrogen-bond acceptors (Lipinski definition) is 4. The van der Waals surface area contributed by atoms with E-state index in [0.29, 0.717) is 13.1 Å². The Morgan fingerprint density at radius 1 is 1.26 bits per heavy atom. The highest BCUT2D eigenvalue weighted by Crippen LogP contribution is 2.16. The molecule has 1 aromatic carbocycles. The average Bonchev–Trinajstić information content (AvgIpc) is 2.95. The molecule has 6 heteroatoms. The minimum absolute atomic E-state index is 0.168. The van der Waals surface area contributed by atoms with Gasteiger partial charge in [-0.15, -0.1) is 0 Å². The number of carbonyl (C=O) groups is 1. The van der Waals surface area contributed by atoms with Crippen LogP contribution in [0.15, 0.2) is 36.8 Å². The highest BCUT2D eigenvalue weighted by atomic mass is 16.5. The molecule has 1 aliphatic heterocycles. The number of aromatic nitrogens is 2. The van der Waals surface area contributed by atoms with Crippen molar-refractivity contribution < 1.29 is 9.53 Å². The molecular formula is C17H22N4O2. The molecule has 3 rings (SSSR count). The number of aryl methyl sites for hydroxylation is 1. The van der Waals surface area contributed by atoms with Gasteiger partial charge in [0.05, 0.1) is 25.7 Å². The third-order valence-electron chi connectivity index (χ3n) is 4.21. The first kappa shape index (κ1) is 15.6. The number of carbonyl (C=O) groups excluding carboxylic acids is 1. The first-order valence-electron chi connectivity index (χ1n) is 7.74. The lowest BCUT2D eigenvalue weighted by atomic mass is 10.2. The van der Waals surface area contributed by atoms with Crippen LogP contribution in [0.2, 0.25) is 0 Å². The molecule has 23 heavy (non-hydrogen) atoms. The van der Waals surface area contributed by atoms with E-state index >= 15 is 0 Å². The molecule has 0 saturated carbocycles. The topological polar surface area (TPSA) is 50.6 Å². The number of amides is 1. The van der Waals surface area contributed by atoms with Gasteiger partial charge in [0.15, 0.2) is 0 Å². The zero-order valence-electron chi connectivity index (χ0n) is 13.6. The van der Waals surface area contributed by atoms with E-state index in [2.05, 4.69) is 9.88 Å². The molecule has 0 unspecified atom stereocenters. The monoisotopic (exact) mass is 314 g/mol. The molecule has 122 valence electrons. The second kappa shape index (κ2) is 6.83. The molecule has 1 aromatic heterocycles. The van der Waals surface area contributed by atoms with Crippen LogP contribution in [0.25, 0.3) is 0 Å². The van der Waals surface area contributed by atoms with E-state index in [0.717, 1.165) is 36.6 Å². The van der Waals surface area contributed by atoms with Gasteiger partial charge in [0.25, 0.3) is 0 Å². The van der Waals surface area contributed by atoms with Gasteiger partial charge in [-0.05, 0) is 17.7 Å². The molecule has 0 bridgehead atoms. The lowest BCUT2D eigenvalue weighted by Gasteiger charge is -2.34. The molecule has 2 heterocycles. The Morgan fingerprint density at radius 3 is 2.83 bits per heavy atom. The predicted octanol–water partition coefficient (Wildman–Crippen LogP) is 1.27. The third kappa shape index (κ3) is 3.71. The van der Waals surface area contributed by atoms with Crippen LogP contribution in [0, 0.1) is 0 Å². The highest BCUT2D eigenvalue weighted by molar-refractivity contribution is 5.79. The summed E-state index contributed by atoms with van der Waals surface area (Å²) in [5.74, 6) is 0.992. The van der Waals surface area contributed by atoms with Crippen molar-refractivity contribution in [3.63, 3.8) is 0 Å². The van der Waals surface area contributed by atoms with Gasteiger partial charge >= 0.3 is 0 Å². The summed E-state index contributed by atoms with van der Waals surface area (Å²) in [6.45, 7) is 3.47. The molecule has 1 aliphatic rings. The molecule has 6 nitrogen and oxygen atoms in total. The van der Waals surface area contributed by atoms with Gasteiger partial charge in [-0.1, -0.05) is 12.1 Å². The maximum atomic E-state index is 12.4. The molecule has 0 spiro atoms. The van der Waals surface area contributed by atoms with Crippen molar-refractivity contribution in [3.8, 4) is 5.75 Å².